The number of methoxy groups -OCH3 is 1. The highest BCUT2D eigenvalue weighted by atomic mass is 19.4. The zero-order valence-corrected chi connectivity index (χ0v) is 22.3. The number of nitrogens with one attached hydrogen (secondary N) is 1. The third kappa shape index (κ3) is 6.92. The van der Waals surface area contributed by atoms with Crippen molar-refractivity contribution in [2.24, 2.45) is 10.7 Å². The lowest BCUT2D eigenvalue weighted by Crippen LogP contribution is -2.60. The molecular weight excluding hydrogens is 515 g/mol. The van der Waals surface area contributed by atoms with Crippen molar-refractivity contribution in [3.63, 3.8) is 0 Å². The molecule has 3 aliphatic heterocycles. The predicted molar refractivity (Wildman–Crippen MR) is 141 cm³/mol. The molecule has 4 rings (SSSR count). The van der Waals surface area contributed by atoms with Crippen molar-refractivity contribution in [1.82, 2.24) is 9.80 Å². The molecule has 3 fully saturated rings. The molecule has 3 heterocycles. The van der Waals surface area contributed by atoms with Crippen LogP contribution in [0.2, 0.25) is 0 Å². The number of ether oxygens (including phenoxy) is 3. The van der Waals surface area contributed by atoms with Gasteiger partial charge in [-0.3, -0.25) is 9.69 Å². The number of nitrogens with zero attached hydrogens (tertiary/aromatic N) is 3. The van der Waals surface area contributed by atoms with Crippen LogP contribution in [-0.4, -0.2) is 86.5 Å². The van der Waals surface area contributed by atoms with Gasteiger partial charge in [0, 0.05) is 55.3 Å². The fourth-order valence-corrected chi connectivity index (χ4v) is 5.35. The van der Waals surface area contributed by atoms with Crippen LogP contribution >= 0.6 is 0 Å². The van der Waals surface area contributed by atoms with Crippen LogP contribution in [0.4, 0.5) is 18.9 Å². The molecule has 2 atom stereocenters. The van der Waals surface area contributed by atoms with Crippen molar-refractivity contribution in [2.45, 2.75) is 50.6 Å². The molecule has 0 bridgehead atoms. The van der Waals surface area contributed by atoms with Gasteiger partial charge in [-0.2, -0.15) is 18.2 Å². The van der Waals surface area contributed by atoms with E-state index in [1.165, 1.54) is 19.2 Å². The number of carbonyl (C=O) groups excluding carboxylic acids is 1. The van der Waals surface area contributed by atoms with E-state index in [4.69, 9.17) is 19.9 Å². The first-order chi connectivity index (χ1) is 18.6. The number of rotatable bonds is 6. The summed E-state index contributed by atoms with van der Waals surface area (Å²) in [5.74, 6) is -0.344. The van der Waals surface area contributed by atoms with Gasteiger partial charge in [0.15, 0.2) is 0 Å². The van der Waals surface area contributed by atoms with Gasteiger partial charge in [0.25, 0.3) is 11.9 Å². The number of halogens is 3. The Labute approximate surface area is 226 Å². The van der Waals surface area contributed by atoms with E-state index in [1.807, 2.05) is 0 Å². The van der Waals surface area contributed by atoms with Crippen LogP contribution in [0.15, 0.2) is 52.8 Å². The summed E-state index contributed by atoms with van der Waals surface area (Å²) in [5.41, 5.74) is 5.77. The Hall–Kier alpha value is -3.09. The molecule has 3 saturated heterocycles. The second-order valence-electron chi connectivity index (χ2n) is 9.91. The second-order valence-corrected chi connectivity index (χ2v) is 9.91. The maximum Gasteiger partial charge on any atom is 0.416 e. The molecule has 3 N–H and O–H groups in total. The van der Waals surface area contributed by atoms with Crippen molar-refractivity contribution < 1.29 is 32.2 Å². The van der Waals surface area contributed by atoms with Crippen molar-refractivity contribution in [2.75, 3.05) is 51.9 Å². The average Bonchev–Trinajstić information content (AvgIpc) is 2.94. The minimum Gasteiger partial charge on any atom is -0.469 e. The number of nitrogens with two attached hydrogens (primary N) is 1. The van der Waals surface area contributed by atoms with Gasteiger partial charge in [-0.05, 0) is 44.4 Å². The van der Waals surface area contributed by atoms with Crippen LogP contribution < -0.4 is 11.1 Å². The molecule has 0 unspecified atom stereocenters. The van der Waals surface area contributed by atoms with Gasteiger partial charge in [-0.15, -0.1) is 0 Å². The Morgan fingerprint density at radius 2 is 1.95 bits per heavy atom. The number of benzene rings is 1. The molecule has 12 heteroatoms. The minimum atomic E-state index is -4.48. The maximum absolute atomic E-state index is 13.6. The standard InChI is InChI=1S/C27H36F3N5O4/c1-17(18(2)32-20-6-4-5-19(15-20)27(28,29)30)24(33-26(31)37-3)25(36)34-10-7-21(8-11-34)35-12-14-39-23-16-38-13-9-22(23)35/h4-6,15,21-23,32H,2,7-14,16H2,1,3H3,(H2,31,33)/b24-17-/t22-,23+/m0/s1. The van der Waals surface area contributed by atoms with Gasteiger partial charge in [-0.25, -0.2) is 0 Å². The molecule has 1 aromatic carbocycles. The highest BCUT2D eigenvalue weighted by molar-refractivity contribution is 5.97. The summed E-state index contributed by atoms with van der Waals surface area (Å²) < 4.78 is 55.9. The number of fused-ring (bicyclic) bond motifs is 1. The second kappa shape index (κ2) is 12.4. The molecule has 1 aromatic rings. The summed E-state index contributed by atoms with van der Waals surface area (Å²) in [6.45, 7) is 9.48. The topological polar surface area (TPSA) is 102 Å². The molecule has 1 amide bonds. The third-order valence-electron chi connectivity index (χ3n) is 7.52. The molecule has 0 saturated carbocycles. The molecule has 39 heavy (non-hydrogen) atoms. The summed E-state index contributed by atoms with van der Waals surface area (Å²) in [6, 6.07) is 5.20. The van der Waals surface area contributed by atoms with E-state index in [-0.39, 0.29) is 35.1 Å². The number of amidine groups is 1. The van der Waals surface area contributed by atoms with Crippen molar-refractivity contribution >= 4 is 17.6 Å². The largest absolute Gasteiger partial charge is 0.469 e. The van der Waals surface area contributed by atoms with E-state index in [0.717, 1.165) is 44.5 Å². The number of alkyl halides is 3. The number of carbonyl (C=O) groups is 1. The number of piperidine rings is 1. The number of allylic oxidation sites excluding steroid dienone is 1. The lowest BCUT2D eigenvalue weighted by atomic mass is 9.95. The molecule has 0 aliphatic carbocycles. The monoisotopic (exact) mass is 551 g/mol. The van der Waals surface area contributed by atoms with E-state index < -0.39 is 11.7 Å². The minimum absolute atomic E-state index is 0.0214. The number of likely N-dealkylation sites (tertiary alicyclic amines) is 1. The fraction of sp³-hybridized carbons (Fsp3) is 0.556. The Kier molecular flexibility index (Phi) is 9.19. The summed E-state index contributed by atoms with van der Waals surface area (Å²) in [6.07, 6.45) is -1.86. The molecule has 214 valence electrons. The average molecular weight is 552 g/mol. The Bertz CT molecular complexity index is 1110. The number of hydrogen-bond acceptors (Lipinski definition) is 7. The lowest BCUT2D eigenvalue weighted by molar-refractivity contribution is -0.151. The van der Waals surface area contributed by atoms with E-state index in [1.54, 1.807) is 11.8 Å². The smallest absolute Gasteiger partial charge is 0.416 e. The summed E-state index contributed by atoms with van der Waals surface area (Å²) in [7, 11) is 1.34. The summed E-state index contributed by atoms with van der Waals surface area (Å²) in [5, 5.41) is 2.86. The van der Waals surface area contributed by atoms with Gasteiger partial charge in [0.05, 0.1) is 32.0 Å². The Morgan fingerprint density at radius 1 is 1.21 bits per heavy atom. The Balaban J connectivity index is 1.47. The van der Waals surface area contributed by atoms with Crippen LogP contribution in [0, 0.1) is 0 Å². The van der Waals surface area contributed by atoms with Crippen molar-refractivity contribution in [3.8, 4) is 0 Å². The maximum atomic E-state index is 13.6. The van der Waals surface area contributed by atoms with E-state index >= 15 is 0 Å². The molecule has 3 aliphatic rings. The highest BCUT2D eigenvalue weighted by Gasteiger charge is 2.39. The van der Waals surface area contributed by atoms with Crippen LogP contribution in [0.3, 0.4) is 0 Å². The van der Waals surface area contributed by atoms with Gasteiger partial charge < -0.3 is 30.2 Å². The van der Waals surface area contributed by atoms with E-state index in [2.05, 4.69) is 21.8 Å². The number of amides is 1. The van der Waals surface area contributed by atoms with Gasteiger partial charge in [-0.1, -0.05) is 12.6 Å². The van der Waals surface area contributed by atoms with E-state index in [0.29, 0.717) is 44.0 Å². The van der Waals surface area contributed by atoms with Gasteiger partial charge >= 0.3 is 6.18 Å². The first-order valence-corrected chi connectivity index (χ1v) is 13.1. The van der Waals surface area contributed by atoms with Crippen LogP contribution in [0.1, 0.15) is 31.7 Å². The SMILES string of the molecule is C=C(Nc1cccc(C(F)(F)F)c1)/C(C)=C(\N=C(/N)OC)C(=O)N1CCC(N2CCO[C@@H]3COCC[C@@H]32)CC1. The quantitative estimate of drug-likeness (QED) is 0.242. The number of anilines is 1. The third-order valence-corrected chi connectivity index (χ3v) is 7.52. The normalized spacial score (nSPS) is 24.0. The number of morpholine rings is 1. The van der Waals surface area contributed by atoms with Crippen molar-refractivity contribution in [1.29, 1.82) is 0 Å². The summed E-state index contributed by atoms with van der Waals surface area (Å²) in [4.78, 5) is 22.1. The molecule has 0 spiro atoms. The number of aliphatic imine (C=N–C) groups is 1. The first kappa shape index (κ1) is 28.9. The lowest BCUT2D eigenvalue weighted by Gasteiger charge is -2.49. The first-order valence-electron chi connectivity index (χ1n) is 13.1. The van der Waals surface area contributed by atoms with Gasteiger partial charge in [0.1, 0.15) is 5.70 Å². The summed E-state index contributed by atoms with van der Waals surface area (Å²) >= 11 is 0. The van der Waals surface area contributed by atoms with Crippen LogP contribution in [0.5, 0.6) is 0 Å². The number of hydrogen-bond donors (Lipinski definition) is 2. The molecule has 9 nitrogen and oxygen atoms in total. The molecular formula is C27H36F3N5O4. The van der Waals surface area contributed by atoms with Crippen molar-refractivity contribution in [3.05, 3.63) is 53.4 Å². The van der Waals surface area contributed by atoms with Crippen LogP contribution in [0.25, 0.3) is 0 Å². The van der Waals surface area contributed by atoms with Crippen LogP contribution in [-0.2, 0) is 25.2 Å². The van der Waals surface area contributed by atoms with Gasteiger partial charge in [0.2, 0.25) is 0 Å². The zero-order valence-electron chi connectivity index (χ0n) is 22.3. The predicted octanol–water partition coefficient (Wildman–Crippen LogP) is 3.35. The Morgan fingerprint density at radius 3 is 2.64 bits per heavy atom. The highest BCUT2D eigenvalue weighted by Crippen LogP contribution is 2.32. The van der Waals surface area contributed by atoms with E-state index in [9.17, 15) is 18.0 Å². The molecule has 0 radical (unpaired) electrons. The molecule has 0 aromatic heterocycles. The zero-order chi connectivity index (χ0) is 28.2. The fourth-order valence-electron chi connectivity index (χ4n) is 5.35.